The predicted octanol–water partition coefficient (Wildman–Crippen LogP) is 2.54. The fourth-order valence-corrected chi connectivity index (χ4v) is 3.60. The van der Waals surface area contributed by atoms with Crippen molar-refractivity contribution in [3.8, 4) is 0 Å². The molecule has 0 atom stereocenters. The number of nitrogens with zero attached hydrogens (tertiary/aromatic N) is 2. The number of likely N-dealkylation sites (tertiary alicyclic amines) is 2. The molecule has 2 aliphatic heterocycles. The second-order valence-corrected chi connectivity index (χ2v) is 7.69. The molecule has 3 N–H and O–H groups in total. The SMILES string of the molecule is CC(C)(CCCN1CCC(CN2CCCC2)CC1)C(=N)N. The molecule has 2 saturated heterocycles. The summed E-state index contributed by atoms with van der Waals surface area (Å²) in [5.74, 6) is 1.25. The van der Waals surface area contributed by atoms with E-state index in [4.69, 9.17) is 11.1 Å². The van der Waals surface area contributed by atoms with E-state index < -0.39 is 0 Å². The summed E-state index contributed by atoms with van der Waals surface area (Å²) in [5.41, 5.74) is 5.52. The number of nitrogens with two attached hydrogens (primary N) is 1. The molecule has 4 heteroatoms. The van der Waals surface area contributed by atoms with E-state index in [1.54, 1.807) is 0 Å². The van der Waals surface area contributed by atoms with Gasteiger partial charge in [0.05, 0.1) is 5.84 Å². The van der Waals surface area contributed by atoms with Gasteiger partial charge < -0.3 is 15.5 Å². The van der Waals surface area contributed by atoms with E-state index in [0.717, 1.165) is 18.8 Å². The average molecular weight is 294 g/mol. The van der Waals surface area contributed by atoms with Crippen molar-refractivity contribution < 1.29 is 0 Å². The molecule has 0 amide bonds. The lowest BCUT2D eigenvalue weighted by atomic mass is 9.86. The van der Waals surface area contributed by atoms with Gasteiger partial charge in [0.1, 0.15) is 0 Å². The molecule has 0 bridgehead atoms. The molecule has 2 fully saturated rings. The second kappa shape index (κ2) is 7.59. The quantitative estimate of drug-likeness (QED) is 0.560. The van der Waals surface area contributed by atoms with Crippen molar-refractivity contribution in [2.45, 2.75) is 52.4 Å². The van der Waals surface area contributed by atoms with Crippen LogP contribution in [0.3, 0.4) is 0 Å². The minimum Gasteiger partial charge on any atom is -0.387 e. The minimum absolute atomic E-state index is 0.131. The maximum atomic E-state index is 7.61. The van der Waals surface area contributed by atoms with E-state index in [2.05, 4.69) is 23.6 Å². The normalized spacial score (nSPS) is 22.8. The number of hydrogen-bond donors (Lipinski definition) is 2. The van der Waals surface area contributed by atoms with Crippen LogP contribution in [-0.2, 0) is 0 Å². The van der Waals surface area contributed by atoms with Gasteiger partial charge in [0.2, 0.25) is 0 Å². The standard InChI is InChI=1S/C17H34N4/c1-17(2,16(18)19)8-5-11-20-12-6-15(7-13-20)14-21-9-3-4-10-21/h15H,3-14H2,1-2H3,(H3,18,19). The zero-order valence-corrected chi connectivity index (χ0v) is 14.0. The maximum Gasteiger partial charge on any atom is 0.0963 e. The van der Waals surface area contributed by atoms with Crippen LogP contribution in [0.5, 0.6) is 0 Å². The fourth-order valence-electron chi connectivity index (χ4n) is 3.60. The molecule has 2 aliphatic rings. The Balaban J connectivity index is 1.59. The molecule has 122 valence electrons. The zero-order chi connectivity index (χ0) is 15.3. The monoisotopic (exact) mass is 294 g/mol. The van der Waals surface area contributed by atoms with Gasteiger partial charge in [-0.1, -0.05) is 13.8 Å². The summed E-state index contributed by atoms with van der Waals surface area (Å²) < 4.78 is 0. The Bertz CT molecular complexity index is 326. The van der Waals surface area contributed by atoms with Gasteiger partial charge in [-0.15, -0.1) is 0 Å². The van der Waals surface area contributed by atoms with E-state index in [0.29, 0.717) is 5.84 Å². The Hall–Kier alpha value is -0.610. The Labute approximate surface area is 130 Å². The van der Waals surface area contributed by atoms with E-state index in [9.17, 15) is 0 Å². The predicted molar refractivity (Wildman–Crippen MR) is 89.8 cm³/mol. The molecule has 0 spiro atoms. The first-order valence-corrected chi connectivity index (χ1v) is 8.76. The van der Waals surface area contributed by atoms with Gasteiger partial charge in [0, 0.05) is 12.0 Å². The molecule has 21 heavy (non-hydrogen) atoms. The molecular weight excluding hydrogens is 260 g/mol. The second-order valence-electron chi connectivity index (χ2n) is 7.69. The molecule has 0 aromatic rings. The van der Waals surface area contributed by atoms with Gasteiger partial charge in [0.15, 0.2) is 0 Å². The molecule has 0 aliphatic carbocycles. The summed E-state index contributed by atoms with van der Waals surface area (Å²) in [6.07, 6.45) is 7.73. The lowest BCUT2D eigenvalue weighted by molar-refractivity contribution is 0.150. The first kappa shape index (κ1) is 16.8. The largest absolute Gasteiger partial charge is 0.387 e. The molecule has 2 rings (SSSR count). The maximum absolute atomic E-state index is 7.61. The van der Waals surface area contributed by atoms with E-state index in [1.165, 1.54) is 65.0 Å². The van der Waals surface area contributed by atoms with Crippen LogP contribution in [-0.4, -0.2) is 54.9 Å². The van der Waals surface area contributed by atoms with Crippen LogP contribution >= 0.6 is 0 Å². The van der Waals surface area contributed by atoms with Crippen LogP contribution in [0.25, 0.3) is 0 Å². The van der Waals surface area contributed by atoms with E-state index in [-0.39, 0.29) is 5.41 Å². The average Bonchev–Trinajstić information content (AvgIpc) is 2.93. The number of hydrogen-bond acceptors (Lipinski definition) is 3. The molecule has 2 heterocycles. The smallest absolute Gasteiger partial charge is 0.0963 e. The van der Waals surface area contributed by atoms with Crippen molar-refractivity contribution >= 4 is 5.84 Å². The van der Waals surface area contributed by atoms with Gasteiger partial charge in [-0.3, -0.25) is 5.41 Å². The van der Waals surface area contributed by atoms with Gasteiger partial charge in [-0.05, 0) is 77.2 Å². The van der Waals surface area contributed by atoms with Crippen molar-refractivity contribution in [2.75, 3.05) is 39.3 Å². The molecule has 0 aromatic carbocycles. The van der Waals surface area contributed by atoms with E-state index in [1.807, 2.05) is 0 Å². The first-order chi connectivity index (χ1) is 9.97. The summed E-state index contributed by atoms with van der Waals surface area (Å²) in [4.78, 5) is 5.27. The highest BCUT2D eigenvalue weighted by Gasteiger charge is 2.24. The highest BCUT2D eigenvalue weighted by molar-refractivity contribution is 5.82. The molecule has 0 radical (unpaired) electrons. The lowest BCUT2D eigenvalue weighted by Gasteiger charge is -2.34. The van der Waals surface area contributed by atoms with Gasteiger partial charge in [-0.25, -0.2) is 0 Å². The summed E-state index contributed by atoms with van der Waals surface area (Å²) in [5, 5.41) is 7.61. The number of rotatable bonds is 7. The highest BCUT2D eigenvalue weighted by Crippen LogP contribution is 2.24. The third kappa shape index (κ3) is 5.26. The summed E-state index contributed by atoms with van der Waals surface area (Å²) in [7, 11) is 0. The Morgan fingerprint density at radius 1 is 1.10 bits per heavy atom. The lowest BCUT2D eigenvalue weighted by Crippen LogP contribution is -2.39. The fraction of sp³-hybridized carbons (Fsp3) is 0.941. The Morgan fingerprint density at radius 3 is 2.29 bits per heavy atom. The number of nitrogens with one attached hydrogen (secondary N) is 1. The van der Waals surface area contributed by atoms with Crippen LogP contribution < -0.4 is 5.73 Å². The van der Waals surface area contributed by atoms with Crippen LogP contribution in [0.15, 0.2) is 0 Å². The Kier molecular flexibility index (Phi) is 6.06. The third-order valence-corrected chi connectivity index (χ3v) is 5.43. The third-order valence-electron chi connectivity index (χ3n) is 5.43. The molecule has 0 aromatic heterocycles. The molecular formula is C17H34N4. The molecule has 0 saturated carbocycles. The summed E-state index contributed by atoms with van der Waals surface area (Å²) >= 11 is 0. The Morgan fingerprint density at radius 2 is 1.71 bits per heavy atom. The van der Waals surface area contributed by atoms with Gasteiger partial charge in [0.25, 0.3) is 0 Å². The zero-order valence-electron chi connectivity index (χ0n) is 14.0. The van der Waals surface area contributed by atoms with Crippen molar-refractivity contribution in [1.29, 1.82) is 5.41 Å². The summed E-state index contributed by atoms with van der Waals surface area (Å²) in [6.45, 7) is 11.9. The van der Waals surface area contributed by atoms with E-state index >= 15 is 0 Å². The molecule has 4 nitrogen and oxygen atoms in total. The van der Waals surface area contributed by atoms with Gasteiger partial charge >= 0.3 is 0 Å². The van der Waals surface area contributed by atoms with Gasteiger partial charge in [-0.2, -0.15) is 0 Å². The summed E-state index contributed by atoms with van der Waals surface area (Å²) in [6, 6.07) is 0. The van der Waals surface area contributed by atoms with Crippen LogP contribution in [0.4, 0.5) is 0 Å². The minimum atomic E-state index is -0.131. The number of amidine groups is 1. The van der Waals surface area contributed by atoms with Crippen LogP contribution in [0, 0.1) is 16.7 Å². The number of piperidine rings is 1. The van der Waals surface area contributed by atoms with Crippen molar-refractivity contribution in [1.82, 2.24) is 9.80 Å². The van der Waals surface area contributed by atoms with Crippen molar-refractivity contribution in [2.24, 2.45) is 17.1 Å². The van der Waals surface area contributed by atoms with Crippen molar-refractivity contribution in [3.05, 3.63) is 0 Å². The van der Waals surface area contributed by atoms with Crippen LogP contribution in [0.2, 0.25) is 0 Å². The van der Waals surface area contributed by atoms with Crippen molar-refractivity contribution in [3.63, 3.8) is 0 Å². The highest BCUT2D eigenvalue weighted by atomic mass is 15.2. The van der Waals surface area contributed by atoms with Crippen LogP contribution in [0.1, 0.15) is 52.4 Å². The first-order valence-electron chi connectivity index (χ1n) is 8.76. The molecule has 0 unspecified atom stereocenters. The topological polar surface area (TPSA) is 56.4 Å².